The lowest BCUT2D eigenvalue weighted by Crippen LogP contribution is -2.48. The van der Waals surface area contributed by atoms with Gasteiger partial charge < -0.3 is 10.2 Å². The molecule has 1 aliphatic heterocycles. The Morgan fingerprint density at radius 3 is 2.39 bits per heavy atom. The molecule has 102 valence electrons. The second kappa shape index (κ2) is 4.91. The van der Waals surface area contributed by atoms with Crippen LogP contribution < -0.4 is 5.32 Å². The van der Waals surface area contributed by atoms with Crippen LogP contribution in [-0.2, 0) is 11.0 Å². The van der Waals surface area contributed by atoms with Crippen molar-refractivity contribution in [1.82, 2.24) is 15.2 Å². The summed E-state index contributed by atoms with van der Waals surface area (Å²) < 4.78 is 0. The first-order valence-corrected chi connectivity index (χ1v) is 7.59. The average molecular weight is 267 g/mol. The maximum absolute atomic E-state index is 4.91. The van der Waals surface area contributed by atoms with Crippen LogP contribution in [0.1, 0.15) is 44.3 Å². The number of piperidine rings is 1. The third kappa shape index (κ3) is 2.60. The number of aromatic nitrogens is 1. The lowest BCUT2D eigenvalue weighted by molar-refractivity contribution is 0.164. The number of rotatable bonds is 2. The highest BCUT2D eigenvalue weighted by Crippen LogP contribution is 2.36. The van der Waals surface area contributed by atoms with Crippen LogP contribution in [0.5, 0.6) is 0 Å². The third-order valence-electron chi connectivity index (χ3n) is 4.00. The molecule has 0 aliphatic carbocycles. The number of hydrogen-bond acceptors (Lipinski definition) is 4. The molecule has 0 unspecified atom stereocenters. The Kier molecular flexibility index (Phi) is 3.81. The molecule has 0 atom stereocenters. The lowest BCUT2D eigenvalue weighted by Gasteiger charge is -2.39. The Hall–Kier alpha value is -0.450. The molecule has 1 N–H and O–H groups in total. The largest absolute Gasteiger partial charge is 0.308 e. The van der Waals surface area contributed by atoms with Crippen LogP contribution in [0.15, 0.2) is 5.38 Å². The summed E-state index contributed by atoms with van der Waals surface area (Å²) in [5.41, 5.74) is 1.46. The molecule has 0 amide bonds. The number of thiazole rings is 1. The predicted octanol–water partition coefficient (Wildman–Crippen LogP) is 2.58. The van der Waals surface area contributed by atoms with Crippen LogP contribution in [0, 0.1) is 0 Å². The van der Waals surface area contributed by atoms with E-state index in [0.717, 1.165) is 25.9 Å². The first kappa shape index (κ1) is 14.0. The quantitative estimate of drug-likeness (QED) is 0.892. The van der Waals surface area contributed by atoms with Gasteiger partial charge in [-0.15, -0.1) is 11.3 Å². The topological polar surface area (TPSA) is 28.2 Å². The van der Waals surface area contributed by atoms with Gasteiger partial charge in [-0.1, -0.05) is 20.8 Å². The lowest BCUT2D eigenvalue weighted by atomic mass is 9.88. The highest BCUT2D eigenvalue weighted by Gasteiger charge is 2.37. The van der Waals surface area contributed by atoms with Crippen molar-refractivity contribution in [3.63, 3.8) is 0 Å². The maximum atomic E-state index is 4.91. The minimum absolute atomic E-state index is 0.0979. The van der Waals surface area contributed by atoms with E-state index in [9.17, 15) is 0 Å². The van der Waals surface area contributed by atoms with Gasteiger partial charge in [-0.3, -0.25) is 0 Å². The molecule has 3 nitrogen and oxygen atoms in total. The van der Waals surface area contributed by atoms with E-state index in [1.54, 1.807) is 0 Å². The van der Waals surface area contributed by atoms with Gasteiger partial charge in [0.2, 0.25) is 0 Å². The Morgan fingerprint density at radius 1 is 1.33 bits per heavy atom. The minimum atomic E-state index is 0.0979. The molecule has 2 rings (SSSR count). The molecule has 0 spiro atoms. The van der Waals surface area contributed by atoms with Crippen molar-refractivity contribution in [3.8, 4) is 0 Å². The van der Waals surface area contributed by atoms with Crippen molar-refractivity contribution in [3.05, 3.63) is 16.1 Å². The Bertz CT molecular complexity index is 397. The summed E-state index contributed by atoms with van der Waals surface area (Å²) in [5.74, 6) is 0. The van der Waals surface area contributed by atoms with E-state index in [2.05, 4.69) is 50.5 Å². The number of nitrogens with one attached hydrogen (secondary N) is 1. The molecule has 0 radical (unpaired) electrons. The van der Waals surface area contributed by atoms with Gasteiger partial charge in [0.05, 0.1) is 11.2 Å². The highest BCUT2D eigenvalue weighted by molar-refractivity contribution is 7.09. The van der Waals surface area contributed by atoms with Gasteiger partial charge in [-0.25, -0.2) is 4.98 Å². The van der Waals surface area contributed by atoms with E-state index in [4.69, 9.17) is 4.98 Å². The van der Waals surface area contributed by atoms with Crippen molar-refractivity contribution >= 4 is 11.3 Å². The zero-order valence-corrected chi connectivity index (χ0v) is 13.0. The third-order valence-corrected chi connectivity index (χ3v) is 5.05. The minimum Gasteiger partial charge on any atom is -0.308 e. The molecule has 4 heteroatoms. The molecule has 1 saturated heterocycles. The van der Waals surface area contributed by atoms with Crippen molar-refractivity contribution in [2.45, 2.75) is 44.6 Å². The Labute approximate surface area is 115 Å². The van der Waals surface area contributed by atoms with E-state index < -0.39 is 0 Å². The number of likely N-dealkylation sites (tertiary alicyclic amines) is 1. The second-order valence-corrected chi connectivity index (χ2v) is 7.28. The Balaban J connectivity index is 2.25. The van der Waals surface area contributed by atoms with E-state index in [0.29, 0.717) is 0 Å². The first-order valence-electron chi connectivity index (χ1n) is 6.71. The zero-order valence-electron chi connectivity index (χ0n) is 12.2. The van der Waals surface area contributed by atoms with Crippen LogP contribution >= 0.6 is 11.3 Å². The summed E-state index contributed by atoms with van der Waals surface area (Å²) in [6.45, 7) is 8.97. The summed E-state index contributed by atoms with van der Waals surface area (Å²) in [6.07, 6.45) is 2.30. The van der Waals surface area contributed by atoms with Crippen LogP contribution in [0.25, 0.3) is 0 Å². The standard InChI is InChI=1S/C14H25N3S/c1-13(2,3)11-10-18-12(16-11)14(15-4)6-8-17(5)9-7-14/h10,15H,6-9H2,1-5H3. The van der Waals surface area contributed by atoms with Gasteiger partial charge in [0, 0.05) is 23.9 Å². The summed E-state index contributed by atoms with van der Waals surface area (Å²) in [4.78, 5) is 7.31. The van der Waals surface area contributed by atoms with Gasteiger partial charge in [0.25, 0.3) is 0 Å². The molecular weight excluding hydrogens is 242 g/mol. The van der Waals surface area contributed by atoms with E-state index in [1.165, 1.54) is 10.7 Å². The summed E-state index contributed by atoms with van der Waals surface area (Å²) in [7, 11) is 4.27. The molecule has 18 heavy (non-hydrogen) atoms. The monoisotopic (exact) mass is 267 g/mol. The molecule has 1 fully saturated rings. The maximum Gasteiger partial charge on any atom is 0.113 e. The van der Waals surface area contributed by atoms with Crippen LogP contribution in [0.3, 0.4) is 0 Å². The second-order valence-electron chi connectivity index (χ2n) is 6.42. The molecule has 2 heterocycles. The number of hydrogen-bond donors (Lipinski definition) is 1. The molecule has 1 aliphatic rings. The molecule has 1 aromatic heterocycles. The molecule has 1 aromatic rings. The molecular formula is C14H25N3S. The van der Waals surface area contributed by atoms with Crippen LogP contribution in [0.2, 0.25) is 0 Å². The normalized spacial score (nSPS) is 21.2. The van der Waals surface area contributed by atoms with Gasteiger partial charge in [-0.2, -0.15) is 0 Å². The fourth-order valence-corrected chi connectivity index (χ4v) is 3.72. The van der Waals surface area contributed by atoms with Crippen molar-refractivity contribution in [2.75, 3.05) is 27.2 Å². The van der Waals surface area contributed by atoms with Crippen molar-refractivity contribution in [1.29, 1.82) is 0 Å². The van der Waals surface area contributed by atoms with Crippen molar-refractivity contribution < 1.29 is 0 Å². The summed E-state index contributed by atoms with van der Waals surface area (Å²) in [5, 5.41) is 7.04. The van der Waals surface area contributed by atoms with Gasteiger partial charge in [0.15, 0.2) is 0 Å². The van der Waals surface area contributed by atoms with Crippen LogP contribution in [-0.4, -0.2) is 37.1 Å². The van der Waals surface area contributed by atoms with Crippen LogP contribution in [0.4, 0.5) is 0 Å². The van der Waals surface area contributed by atoms with Gasteiger partial charge in [-0.05, 0) is 26.9 Å². The van der Waals surface area contributed by atoms with E-state index >= 15 is 0 Å². The van der Waals surface area contributed by atoms with Gasteiger partial charge in [0.1, 0.15) is 5.01 Å². The van der Waals surface area contributed by atoms with E-state index in [-0.39, 0.29) is 11.0 Å². The smallest absolute Gasteiger partial charge is 0.113 e. The van der Waals surface area contributed by atoms with Gasteiger partial charge >= 0.3 is 0 Å². The number of nitrogens with zero attached hydrogens (tertiary/aromatic N) is 2. The molecule has 0 saturated carbocycles. The highest BCUT2D eigenvalue weighted by atomic mass is 32.1. The fourth-order valence-electron chi connectivity index (χ4n) is 2.41. The average Bonchev–Trinajstić information content (AvgIpc) is 2.80. The Morgan fingerprint density at radius 2 is 1.94 bits per heavy atom. The molecule has 0 aromatic carbocycles. The molecule has 0 bridgehead atoms. The van der Waals surface area contributed by atoms with E-state index in [1.807, 2.05) is 11.3 Å². The SMILES string of the molecule is CNC1(c2nc(C(C)(C)C)cs2)CCN(C)CC1. The summed E-state index contributed by atoms with van der Waals surface area (Å²) >= 11 is 1.82. The predicted molar refractivity (Wildman–Crippen MR) is 78.3 cm³/mol. The first-order chi connectivity index (χ1) is 8.37. The van der Waals surface area contributed by atoms with Crippen molar-refractivity contribution in [2.24, 2.45) is 0 Å². The fraction of sp³-hybridized carbons (Fsp3) is 0.786. The zero-order chi connectivity index (χ0) is 13.4. The summed E-state index contributed by atoms with van der Waals surface area (Å²) in [6, 6.07) is 0.